The molecule has 0 bridgehead atoms. The highest BCUT2D eigenvalue weighted by Crippen LogP contribution is 2.37. The molecule has 0 unspecified atom stereocenters. The molecule has 1 heterocycles. The molecule has 21 heavy (non-hydrogen) atoms. The maximum atomic E-state index is 12.7. The van der Waals surface area contributed by atoms with Crippen LogP contribution < -0.4 is 9.47 Å². The maximum Gasteiger partial charge on any atom is 0.195 e. The Hall–Kier alpha value is -1.04. The van der Waals surface area contributed by atoms with Gasteiger partial charge >= 0.3 is 0 Å². The van der Waals surface area contributed by atoms with Gasteiger partial charge in [0.1, 0.15) is 13.2 Å². The van der Waals surface area contributed by atoms with E-state index in [9.17, 15) is 4.79 Å². The lowest BCUT2D eigenvalue weighted by Gasteiger charge is -2.19. The molecule has 3 rings (SSSR count). The Morgan fingerprint density at radius 2 is 1.57 bits per heavy atom. The average Bonchev–Trinajstić information content (AvgIpc) is 2.48. The van der Waals surface area contributed by atoms with Crippen molar-refractivity contribution < 1.29 is 14.3 Å². The zero-order chi connectivity index (χ0) is 15.0. The number of ether oxygens (including phenoxy) is 2. The molecule has 1 aliphatic heterocycles. The molecule has 0 saturated heterocycles. The Bertz CT molecular complexity index is 731. The van der Waals surface area contributed by atoms with Crippen LogP contribution in [0.3, 0.4) is 0 Å². The Morgan fingerprint density at radius 3 is 2.29 bits per heavy atom. The number of ketones is 1. The van der Waals surface area contributed by atoms with Crippen molar-refractivity contribution in [2.24, 2.45) is 0 Å². The van der Waals surface area contributed by atoms with Crippen molar-refractivity contribution in [1.82, 2.24) is 0 Å². The van der Waals surface area contributed by atoms with Gasteiger partial charge in [0, 0.05) is 25.1 Å². The second kappa shape index (κ2) is 5.99. The largest absolute Gasteiger partial charge is 0.486 e. The van der Waals surface area contributed by atoms with E-state index in [0.717, 1.165) is 0 Å². The molecule has 0 aliphatic carbocycles. The fraction of sp³-hybridized carbons (Fsp3) is 0.133. The molecule has 0 N–H and O–H groups in total. The van der Waals surface area contributed by atoms with Gasteiger partial charge in [-0.1, -0.05) is 27.5 Å². The minimum absolute atomic E-state index is 0.145. The van der Waals surface area contributed by atoms with Crippen molar-refractivity contribution in [1.29, 1.82) is 0 Å². The summed E-state index contributed by atoms with van der Waals surface area (Å²) < 4.78 is 12.4. The number of carbonyl (C=O) groups is 1. The lowest BCUT2D eigenvalue weighted by atomic mass is 10.0. The predicted molar refractivity (Wildman–Crippen MR) is 87.7 cm³/mol. The molecular formula is C15H9Br2ClO3. The van der Waals surface area contributed by atoms with Crippen LogP contribution in [-0.2, 0) is 0 Å². The molecule has 0 radical (unpaired) electrons. The van der Waals surface area contributed by atoms with Gasteiger partial charge in [-0.2, -0.15) is 0 Å². The molecular weight excluding hydrogens is 423 g/mol. The topological polar surface area (TPSA) is 35.5 Å². The van der Waals surface area contributed by atoms with Crippen molar-refractivity contribution in [3.8, 4) is 11.5 Å². The van der Waals surface area contributed by atoms with Crippen LogP contribution in [0.15, 0.2) is 39.3 Å². The van der Waals surface area contributed by atoms with Gasteiger partial charge < -0.3 is 9.47 Å². The van der Waals surface area contributed by atoms with Gasteiger partial charge in [0.05, 0.1) is 0 Å². The third kappa shape index (κ3) is 2.96. The van der Waals surface area contributed by atoms with Crippen molar-refractivity contribution in [3.63, 3.8) is 0 Å². The number of hydrogen-bond acceptors (Lipinski definition) is 3. The molecule has 3 nitrogen and oxygen atoms in total. The number of rotatable bonds is 2. The number of hydrogen-bond donors (Lipinski definition) is 0. The van der Waals surface area contributed by atoms with Crippen LogP contribution in [0.25, 0.3) is 0 Å². The summed E-state index contributed by atoms with van der Waals surface area (Å²) in [5.41, 5.74) is 1.00. The van der Waals surface area contributed by atoms with Crippen LogP contribution in [-0.4, -0.2) is 19.0 Å². The Labute approximate surface area is 143 Å². The molecule has 0 amide bonds. The van der Waals surface area contributed by atoms with E-state index in [4.69, 9.17) is 21.1 Å². The molecule has 0 fully saturated rings. The van der Waals surface area contributed by atoms with Gasteiger partial charge in [0.15, 0.2) is 17.3 Å². The van der Waals surface area contributed by atoms with Crippen LogP contribution in [0.2, 0.25) is 5.02 Å². The minimum atomic E-state index is -0.145. The third-order valence-corrected chi connectivity index (χ3v) is 4.63. The summed E-state index contributed by atoms with van der Waals surface area (Å²) >= 11 is 12.8. The van der Waals surface area contributed by atoms with E-state index in [1.54, 1.807) is 30.3 Å². The van der Waals surface area contributed by atoms with E-state index in [1.165, 1.54) is 0 Å². The molecule has 1 aliphatic rings. The number of halogens is 3. The van der Waals surface area contributed by atoms with Crippen molar-refractivity contribution >= 4 is 49.2 Å². The summed E-state index contributed by atoms with van der Waals surface area (Å²) in [6.07, 6.45) is 0. The fourth-order valence-corrected chi connectivity index (χ4v) is 3.16. The predicted octanol–water partition coefficient (Wildman–Crippen LogP) is 4.87. The maximum absolute atomic E-state index is 12.7. The molecule has 2 aromatic carbocycles. The molecule has 0 aromatic heterocycles. The highest BCUT2D eigenvalue weighted by Gasteiger charge is 2.21. The summed E-state index contributed by atoms with van der Waals surface area (Å²) in [4.78, 5) is 12.7. The van der Waals surface area contributed by atoms with Crippen molar-refractivity contribution in [2.75, 3.05) is 13.2 Å². The van der Waals surface area contributed by atoms with Crippen molar-refractivity contribution in [3.05, 3.63) is 55.4 Å². The third-order valence-electron chi connectivity index (χ3n) is 3.05. The van der Waals surface area contributed by atoms with Gasteiger partial charge in [0.2, 0.25) is 0 Å². The van der Waals surface area contributed by atoms with E-state index in [0.29, 0.717) is 49.8 Å². The second-order valence-electron chi connectivity index (χ2n) is 4.43. The second-order valence-corrected chi connectivity index (χ2v) is 6.57. The van der Waals surface area contributed by atoms with Crippen LogP contribution in [0, 0.1) is 0 Å². The summed E-state index contributed by atoms with van der Waals surface area (Å²) in [5.74, 6) is 1.06. The standard InChI is InChI=1S/C15H9Br2ClO3/c16-11-2-1-8(18)5-9(11)15(19)10-6-13-14(7-12(10)17)21-4-3-20-13/h1-2,5-7H,3-4H2. The van der Waals surface area contributed by atoms with E-state index in [1.807, 2.05) is 0 Å². The van der Waals surface area contributed by atoms with Crippen molar-refractivity contribution in [2.45, 2.75) is 0 Å². The molecule has 0 spiro atoms. The van der Waals surface area contributed by atoms with E-state index < -0.39 is 0 Å². The lowest BCUT2D eigenvalue weighted by molar-refractivity contribution is 0.103. The zero-order valence-corrected chi connectivity index (χ0v) is 14.6. The van der Waals surface area contributed by atoms with E-state index >= 15 is 0 Å². The van der Waals surface area contributed by atoms with Gasteiger partial charge in [-0.15, -0.1) is 0 Å². The highest BCUT2D eigenvalue weighted by atomic mass is 79.9. The number of fused-ring (bicyclic) bond motifs is 1. The smallest absolute Gasteiger partial charge is 0.195 e. The summed E-state index contributed by atoms with van der Waals surface area (Å²) in [6, 6.07) is 8.55. The van der Waals surface area contributed by atoms with Gasteiger partial charge in [-0.3, -0.25) is 4.79 Å². The van der Waals surface area contributed by atoms with E-state index in [2.05, 4.69) is 31.9 Å². The van der Waals surface area contributed by atoms with Crippen LogP contribution in [0.4, 0.5) is 0 Å². The minimum Gasteiger partial charge on any atom is -0.486 e. The number of carbonyl (C=O) groups excluding carboxylic acids is 1. The first-order chi connectivity index (χ1) is 10.1. The van der Waals surface area contributed by atoms with E-state index in [-0.39, 0.29) is 5.78 Å². The molecule has 108 valence electrons. The fourth-order valence-electron chi connectivity index (χ4n) is 2.05. The van der Waals surface area contributed by atoms with Crippen LogP contribution in [0.1, 0.15) is 15.9 Å². The highest BCUT2D eigenvalue weighted by molar-refractivity contribution is 9.11. The Morgan fingerprint density at radius 1 is 0.952 bits per heavy atom. The van der Waals surface area contributed by atoms with Gasteiger partial charge in [-0.25, -0.2) is 0 Å². The van der Waals surface area contributed by atoms with Gasteiger partial charge in [-0.05, 0) is 46.3 Å². The Balaban J connectivity index is 2.07. The summed E-state index contributed by atoms with van der Waals surface area (Å²) in [7, 11) is 0. The lowest BCUT2D eigenvalue weighted by Crippen LogP contribution is -2.16. The Kier molecular flexibility index (Phi) is 4.24. The first kappa shape index (κ1) is 14.9. The monoisotopic (exact) mass is 430 g/mol. The SMILES string of the molecule is O=C(c1cc(Cl)ccc1Br)c1cc2c(cc1Br)OCCO2. The average molecular weight is 432 g/mol. The molecule has 0 saturated carbocycles. The summed E-state index contributed by atoms with van der Waals surface area (Å²) in [5, 5.41) is 0.509. The van der Waals surface area contributed by atoms with Crippen LogP contribution in [0.5, 0.6) is 11.5 Å². The first-order valence-corrected chi connectivity index (χ1v) is 8.11. The molecule has 2 aromatic rings. The number of benzene rings is 2. The summed E-state index contributed by atoms with van der Waals surface area (Å²) in [6.45, 7) is 0.982. The van der Waals surface area contributed by atoms with Crippen LogP contribution >= 0.6 is 43.5 Å². The normalized spacial score (nSPS) is 13.1. The molecule has 6 heteroatoms. The first-order valence-electron chi connectivity index (χ1n) is 6.15. The van der Waals surface area contributed by atoms with Gasteiger partial charge in [0.25, 0.3) is 0 Å². The zero-order valence-electron chi connectivity index (χ0n) is 10.7. The quantitative estimate of drug-likeness (QED) is 0.636. The molecule has 0 atom stereocenters.